The van der Waals surface area contributed by atoms with Crippen LogP contribution in [0.25, 0.3) is 22.1 Å². The van der Waals surface area contributed by atoms with Crippen molar-refractivity contribution in [2.24, 2.45) is 0 Å². The Labute approximate surface area is 130 Å². The van der Waals surface area contributed by atoms with Gasteiger partial charge in [0, 0.05) is 0 Å². The molecule has 4 rings (SSSR count). The van der Waals surface area contributed by atoms with Gasteiger partial charge in [0.2, 0.25) is 0 Å². The number of rotatable bonds is 2. The van der Waals surface area contributed by atoms with Crippen LogP contribution in [0.2, 0.25) is 0 Å². The zero-order chi connectivity index (χ0) is 16.0. The van der Waals surface area contributed by atoms with E-state index in [9.17, 15) is 9.90 Å². The van der Waals surface area contributed by atoms with E-state index in [0.717, 1.165) is 5.52 Å². The maximum atomic E-state index is 11.6. The third-order valence-electron chi connectivity index (χ3n) is 3.74. The molecule has 0 aliphatic heterocycles. The lowest BCUT2D eigenvalue weighted by Crippen LogP contribution is -2.12. The monoisotopic (exact) mass is 307 g/mol. The third-order valence-corrected chi connectivity index (χ3v) is 3.74. The van der Waals surface area contributed by atoms with Gasteiger partial charge in [-0.25, -0.2) is 19.3 Å². The molecule has 0 saturated carbocycles. The predicted octanol–water partition coefficient (Wildman–Crippen LogP) is 2.61. The maximum Gasteiger partial charge on any atom is 0.417 e. The van der Waals surface area contributed by atoms with Gasteiger partial charge >= 0.3 is 6.09 Å². The molecule has 2 heterocycles. The van der Waals surface area contributed by atoms with Crippen molar-refractivity contribution in [1.29, 1.82) is 0 Å². The van der Waals surface area contributed by atoms with Crippen molar-refractivity contribution >= 4 is 33.8 Å². The van der Waals surface area contributed by atoms with E-state index in [-0.39, 0.29) is 6.42 Å². The van der Waals surface area contributed by atoms with E-state index in [4.69, 9.17) is 5.73 Å². The van der Waals surface area contributed by atoms with Crippen molar-refractivity contribution < 1.29 is 9.90 Å². The number of hydrogen-bond donors (Lipinski definition) is 3. The smallest absolute Gasteiger partial charge is 0.417 e. The highest BCUT2D eigenvalue weighted by atomic mass is 16.4. The minimum absolute atomic E-state index is 0.273. The van der Waals surface area contributed by atoms with Crippen molar-refractivity contribution in [1.82, 2.24) is 19.5 Å². The van der Waals surface area contributed by atoms with Gasteiger partial charge < -0.3 is 15.8 Å². The standard InChI is InChI=1S/C16H13N5O2/c17-9-4-3-6-11-15(9)20-13(18-11)8-14-19-10-5-1-2-7-12(10)21(14)16(22)23/h1-7H,8,17H2,(H,18,20)(H,22,23). The van der Waals surface area contributed by atoms with Gasteiger partial charge in [-0.05, 0) is 24.3 Å². The highest BCUT2D eigenvalue weighted by Crippen LogP contribution is 2.21. The molecule has 0 amide bonds. The van der Waals surface area contributed by atoms with Gasteiger partial charge in [-0.2, -0.15) is 0 Å². The molecule has 0 bridgehead atoms. The van der Waals surface area contributed by atoms with Crippen molar-refractivity contribution in [3.63, 3.8) is 0 Å². The molecule has 0 unspecified atom stereocenters. The number of benzene rings is 2. The summed E-state index contributed by atoms with van der Waals surface area (Å²) < 4.78 is 1.19. The van der Waals surface area contributed by atoms with Crippen LogP contribution >= 0.6 is 0 Å². The number of para-hydroxylation sites is 3. The number of nitrogens with zero attached hydrogens (tertiary/aromatic N) is 3. The third kappa shape index (κ3) is 2.10. The summed E-state index contributed by atoms with van der Waals surface area (Å²) in [6.45, 7) is 0. The maximum absolute atomic E-state index is 11.6. The molecule has 4 aromatic rings. The first-order valence-electron chi connectivity index (χ1n) is 7.06. The molecule has 2 aromatic carbocycles. The SMILES string of the molecule is Nc1cccc2[nH]c(Cc3nc4ccccc4n3C(=O)O)nc12. The number of nitrogen functional groups attached to an aromatic ring is 1. The summed E-state index contributed by atoms with van der Waals surface area (Å²) in [5.41, 5.74) is 9.18. The molecule has 0 radical (unpaired) electrons. The van der Waals surface area contributed by atoms with Crippen molar-refractivity contribution in [3.8, 4) is 0 Å². The molecule has 0 saturated heterocycles. The fourth-order valence-electron chi connectivity index (χ4n) is 2.75. The lowest BCUT2D eigenvalue weighted by atomic mass is 10.3. The van der Waals surface area contributed by atoms with Crippen molar-refractivity contribution in [3.05, 3.63) is 54.1 Å². The molecule has 23 heavy (non-hydrogen) atoms. The predicted molar refractivity (Wildman–Crippen MR) is 86.5 cm³/mol. The molecule has 2 aromatic heterocycles. The molecule has 7 nitrogen and oxygen atoms in total. The van der Waals surface area contributed by atoms with Crippen LogP contribution in [-0.2, 0) is 6.42 Å². The number of fused-ring (bicyclic) bond motifs is 2. The Morgan fingerprint density at radius 1 is 1.17 bits per heavy atom. The zero-order valence-electron chi connectivity index (χ0n) is 12.0. The Bertz CT molecular complexity index is 1050. The molecular formula is C16H13N5O2. The van der Waals surface area contributed by atoms with Gasteiger partial charge in [0.15, 0.2) is 0 Å². The van der Waals surface area contributed by atoms with Gasteiger partial charge in [-0.3, -0.25) is 0 Å². The van der Waals surface area contributed by atoms with E-state index in [1.54, 1.807) is 24.3 Å². The van der Waals surface area contributed by atoms with Gasteiger partial charge in [0.25, 0.3) is 0 Å². The summed E-state index contributed by atoms with van der Waals surface area (Å²) in [4.78, 5) is 23.6. The second-order valence-corrected chi connectivity index (χ2v) is 5.24. The van der Waals surface area contributed by atoms with E-state index in [0.29, 0.717) is 33.9 Å². The van der Waals surface area contributed by atoms with E-state index >= 15 is 0 Å². The highest BCUT2D eigenvalue weighted by Gasteiger charge is 2.17. The number of nitrogens with one attached hydrogen (secondary N) is 1. The number of nitrogens with two attached hydrogens (primary N) is 1. The molecule has 0 fully saturated rings. The Morgan fingerprint density at radius 3 is 2.78 bits per heavy atom. The fraction of sp³-hybridized carbons (Fsp3) is 0.0625. The van der Waals surface area contributed by atoms with Crippen molar-refractivity contribution in [2.45, 2.75) is 6.42 Å². The van der Waals surface area contributed by atoms with Gasteiger partial charge in [-0.15, -0.1) is 0 Å². The average Bonchev–Trinajstić information content (AvgIpc) is 3.08. The first-order valence-corrected chi connectivity index (χ1v) is 7.06. The zero-order valence-corrected chi connectivity index (χ0v) is 12.0. The molecule has 4 N–H and O–H groups in total. The molecule has 114 valence electrons. The number of anilines is 1. The molecular weight excluding hydrogens is 294 g/mol. The second-order valence-electron chi connectivity index (χ2n) is 5.24. The normalized spacial score (nSPS) is 11.3. The Morgan fingerprint density at radius 2 is 2.00 bits per heavy atom. The fourth-order valence-corrected chi connectivity index (χ4v) is 2.75. The molecule has 0 spiro atoms. The number of carboxylic acid groups (broad SMARTS) is 1. The molecule has 0 aliphatic rings. The first-order chi connectivity index (χ1) is 11.1. The van der Waals surface area contributed by atoms with E-state index in [1.807, 2.05) is 18.2 Å². The summed E-state index contributed by atoms with van der Waals surface area (Å²) in [7, 11) is 0. The number of aromatic amines is 1. The van der Waals surface area contributed by atoms with Crippen LogP contribution in [0.4, 0.5) is 10.5 Å². The van der Waals surface area contributed by atoms with Crippen LogP contribution in [-0.4, -0.2) is 30.7 Å². The number of imidazole rings is 2. The average molecular weight is 307 g/mol. The van der Waals surface area contributed by atoms with E-state index < -0.39 is 6.09 Å². The largest absolute Gasteiger partial charge is 0.464 e. The van der Waals surface area contributed by atoms with Crippen LogP contribution in [0.5, 0.6) is 0 Å². The molecule has 0 atom stereocenters. The summed E-state index contributed by atoms with van der Waals surface area (Å²) in [6.07, 6.45) is -0.793. The van der Waals surface area contributed by atoms with Crippen LogP contribution in [0.1, 0.15) is 11.6 Å². The van der Waals surface area contributed by atoms with Gasteiger partial charge in [0.1, 0.15) is 17.2 Å². The number of carbonyl (C=O) groups is 1. The summed E-state index contributed by atoms with van der Waals surface area (Å²) in [6, 6.07) is 12.6. The van der Waals surface area contributed by atoms with E-state index in [1.165, 1.54) is 4.57 Å². The lowest BCUT2D eigenvalue weighted by molar-refractivity contribution is 0.196. The number of aromatic nitrogens is 4. The number of hydrogen-bond acceptors (Lipinski definition) is 4. The van der Waals surface area contributed by atoms with Crippen LogP contribution < -0.4 is 5.73 Å². The highest BCUT2D eigenvalue weighted by molar-refractivity contribution is 5.88. The lowest BCUT2D eigenvalue weighted by Gasteiger charge is -2.01. The second kappa shape index (κ2) is 4.84. The minimum atomic E-state index is -1.07. The quantitative estimate of drug-likeness (QED) is 0.493. The summed E-state index contributed by atoms with van der Waals surface area (Å²) in [5.74, 6) is 1.03. The first kappa shape index (κ1) is 13.3. The van der Waals surface area contributed by atoms with E-state index in [2.05, 4.69) is 15.0 Å². The Kier molecular flexibility index (Phi) is 2.80. The van der Waals surface area contributed by atoms with Crippen molar-refractivity contribution in [2.75, 3.05) is 5.73 Å². The molecule has 7 heteroatoms. The Hall–Kier alpha value is -3.35. The number of H-pyrrole nitrogens is 1. The van der Waals surface area contributed by atoms with Crippen LogP contribution in [0.15, 0.2) is 42.5 Å². The minimum Gasteiger partial charge on any atom is -0.464 e. The Balaban J connectivity index is 1.84. The molecule has 0 aliphatic carbocycles. The van der Waals surface area contributed by atoms with Crippen LogP contribution in [0, 0.1) is 0 Å². The summed E-state index contributed by atoms with van der Waals surface area (Å²) >= 11 is 0. The summed E-state index contributed by atoms with van der Waals surface area (Å²) in [5, 5.41) is 9.49. The van der Waals surface area contributed by atoms with Crippen LogP contribution in [0.3, 0.4) is 0 Å². The topological polar surface area (TPSA) is 110 Å². The van der Waals surface area contributed by atoms with Gasteiger partial charge in [0.05, 0.1) is 28.7 Å². The van der Waals surface area contributed by atoms with Gasteiger partial charge in [-0.1, -0.05) is 18.2 Å².